The molecule has 2 N–H and O–H groups in total. The maximum absolute atomic E-state index is 9.10. The van der Waals surface area contributed by atoms with E-state index in [9.17, 15) is 0 Å². The first-order valence-electron chi connectivity index (χ1n) is 6.15. The molecule has 1 rings (SSSR count). The maximum atomic E-state index is 9.10. The molecule has 1 aromatic carbocycles. The van der Waals surface area contributed by atoms with Gasteiger partial charge in [-0.1, -0.05) is 15.9 Å². The lowest BCUT2D eigenvalue weighted by Crippen LogP contribution is -2.19. The Morgan fingerprint density at radius 1 is 1.14 bits per heavy atom. The first-order valence-corrected chi connectivity index (χ1v) is 6.95. The number of hydrogen-bond acceptors (Lipinski definition) is 4. The molecule has 118 valence electrons. The quantitative estimate of drug-likeness (QED) is 0.799. The monoisotopic (exact) mass is 361 g/mol. The van der Waals surface area contributed by atoms with Crippen LogP contribution in [0.3, 0.4) is 0 Å². The smallest absolute Gasteiger partial charge is 0.414 e. The van der Waals surface area contributed by atoms with Crippen molar-refractivity contribution >= 4 is 27.9 Å². The zero-order valence-electron chi connectivity index (χ0n) is 12.5. The molecule has 0 aromatic heterocycles. The first kappa shape index (κ1) is 19.4. The van der Waals surface area contributed by atoms with Crippen LogP contribution in [0.25, 0.3) is 0 Å². The Bertz CT molecular complexity index is 467. The minimum Gasteiger partial charge on any atom is -0.492 e. The van der Waals surface area contributed by atoms with Crippen molar-refractivity contribution in [1.29, 1.82) is 0 Å². The highest BCUT2D eigenvalue weighted by Crippen LogP contribution is 2.27. The second kappa shape index (κ2) is 9.36. The van der Waals surface area contributed by atoms with Gasteiger partial charge in [-0.2, -0.15) is 0 Å². The number of aryl methyl sites for hydroxylation is 2. The summed E-state index contributed by atoms with van der Waals surface area (Å²) < 4.78 is 6.88. The van der Waals surface area contributed by atoms with Crippen molar-refractivity contribution in [2.24, 2.45) is 0 Å². The van der Waals surface area contributed by atoms with Crippen molar-refractivity contribution in [3.05, 3.63) is 27.7 Å². The highest BCUT2D eigenvalue weighted by atomic mass is 79.9. The molecule has 0 spiro atoms. The summed E-state index contributed by atoms with van der Waals surface area (Å²) in [5.41, 5.74) is 2.36. The fraction of sp³-hybridized carbons (Fsp3) is 0.429. The molecule has 0 saturated heterocycles. The van der Waals surface area contributed by atoms with Gasteiger partial charge < -0.3 is 19.8 Å². The molecular weight excluding hydrogens is 342 g/mol. The maximum Gasteiger partial charge on any atom is 0.414 e. The van der Waals surface area contributed by atoms with E-state index in [0.29, 0.717) is 0 Å². The number of aliphatic carboxylic acids is 2. The number of nitrogens with zero attached hydrogens (tertiary/aromatic N) is 1. The normalized spacial score (nSPS) is 9.81. The standard InChI is InChI=1S/C12H18BrNO.C2H2O4/c1-9-7-11(13)8-10(2)12(9)15-6-5-14(3)4;3-1(4)2(5)6/h7-8H,5-6H2,1-4H3;(H,3,4)(H,5,6). The molecule has 0 atom stereocenters. The van der Waals surface area contributed by atoms with Crippen molar-refractivity contribution in [1.82, 2.24) is 4.90 Å². The Morgan fingerprint density at radius 3 is 1.90 bits per heavy atom. The van der Waals surface area contributed by atoms with Crippen LogP contribution in [0.2, 0.25) is 0 Å². The number of likely N-dealkylation sites (N-methyl/N-ethyl adjacent to an activating group) is 1. The van der Waals surface area contributed by atoms with E-state index in [1.54, 1.807) is 0 Å². The summed E-state index contributed by atoms with van der Waals surface area (Å²) in [6.07, 6.45) is 0. The van der Waals surface area contributed by atoms with Gasteiger partial charge in [-0.25, -0.2) is 9.59 Å². The van der Waals surface area contributed by atoms with Gasteiger partial charge in [0.2, 0.25) is 0 Å². The van der Waals surface area contributed by atoms with Gasteiger partial charge in [0.05, 0.1) is 0 Å². The van der Waals surface area contributed by atoms with E-state index in [0.717, 1.165) is 23.4 Å². The highest BCUT2D eigenvalue weighted by molar-refractivity contribution is 9.10. The molecule has 6 nitrogen and oxygen atoms in total. The van der Waals surface area contributed by atoms with Crippen molar-refractivity contribution in [2.75, 3.05) is 27.2 Å². The van der Waals surface area contributed by atoms with Gasteiger partial charge in [-0.05, 0) is 51.2 Å². The third-order valence-electron chi connectivity index (χ3n) is 2.39. The second-order valence-corrected chi connectivity index (χ2v) is 5.55. The van der Waals surface area contributed by atoms with Crippen molar-refractivity contribution in [3.63, 3.8) is 0 Å². The van der Waals surface area contributed by atoms with Crippen molar-refractivity contribution < 1.29 is 24.5 Å². The predicted molar refractivity (Wildman–Crippen MR) is 82.9 cm³/mol. The van der Waals surface area contributed by atoms with Gasteiger partial charge in [0.1, 0.15) is 12.4 Å². The molecule has 1 aromatic rings. The topological polar surface area (TPSA) is 87.1 Å². The molecule has 0 aliphatic rings. The number of halogens is 1. The molecule has 7 heteroatoms. The number of carbonyl (C=O) groups is 2. The molecule has 0 unspecified atom stereocenters. The average Bonchev–Trinajstić information content (AvgIpc) is 2.32. The van der Waals surface area contributed by atoms with Gasteiger partial charge in [-0.3, -0.25) is 0 Å². The molecule has 0 aliphatic carbocycles. The molecule has 0 amide bonds. The summed E-state index contributed by atoms with van der Waals surface area (Å²) in [7, 11) is 4.09. The van der Waals surface area contributed by atoms with Crippen LogP contribution >= 0.6 is 15.9 Å². The number of ether oxygens (including phenoxy) is 1. The van der Waals surface area contributed by atoms with E-state index < -0.39 is 11.9 Å². The minimum absolute atomic E-state index is 0.732. The Kier molecular flexibility index (Phi) is 8.64. The molecule has 0 aliphatic heterocycles. The van der Waals surface area contributed by atoms with Crippen LogP contribution in [-0.4, -0.2) is 54.3 Å². The Morgan fingerprint density at radius 2 is 1.57 bits per heavy atom. The van der Waals surface area contributed by atoms with Crippen LogP contribution in [0.5, 0.6) is 5.75 Å². The second-order valence-electron chi connectivity index (χ2n) is 4.63. The number of rotatable bonds is 4. The SMILES string of the molecule is Cc1cc(Br)cc(C)c1OCCN(C)C.O=C(O)C(=O)O. The minimum atomic E-state index is -1.82. The van der Waals surface area contributed by atoms with Crippen LogP contribution in [0.4, 0.5) is 0 Å². The van der Waals surface area contributed by atoms with E-state index in [4.69, 9.17) is 24.5 Å². The third kappa shape index (κ3) is 8.31. The van der Waals surface area contributed by atoms with Crippen LogP contribution in [0, 0.1) is 13.8 Å². The zero-order valence-corrected chi connectivity index (χ0v) is 14.1. The third-order valence-corrected chi connectivity index (χ3v) is 2.85. The Balaban J connectivity index is 0.000000567. The number of carboxylic acid groups (broad SMARTS) is 2. The first-order chi connectivity index (χ1) is 9.65. The summed E-state index contributed by atoms with van der Waals surface area (Å²) in [5, 5.41) is 14.8. The number of benzene rings is 1. The summed E-state index contributed by atoms with van der Waals surface area (Å²) in [6, 6.07) is 4.16. The largest absolute Gasteiger partial charge is 0.492 e. The van der Waals surface area contributed by atoms with Crippen molar-refractivity contribution in [2.45, 2.75) is 13.8 Å². The van der Waals surface area contributed by atoms with E-state index in [1.165, 1.54) is 11.1 Å². The van der Waals surface area contributed by atoms with E-state index in [2.05, 4.69) is 46.8 Å². The predicted octanol–water partition coefficient (Wildman–Crippen LogP) is 2.16. The van der Waals surface area contributed by atoms with Gasteiger partial charge >= 0.3 is 11.9 Å². The fourth-order valence-corrected chi connectivity index (χ4v) is 2.14. The van der Waals surface area contributed by atoms with Crippen LogP contribution in [-0.2, 0) is 9.59 Å². The summed E-state index contributed by atoms with van der Waals surface area (Å²) in [5.74, 6) is -2.63. The molecule has 0 bridgehead atoms. The van der Waals surface area contributed by atoms with E-state index in [1.807, 2.05) is 14.1 Å². The number of hydrogen-bond donors (Lipinski definition) is 2. The molecule has 0 heterocycles. The lowest BCUT2D eigenvalue weighted by Gasteiger charge is -2.15. The molecule has 0 fully saturated rings. The van der Waals surface area contributed by atoms with Gasteiger partial charge in [0.25, 0.3) is 0 Å². The van der Waals surface area contributed by atoms with Crippen molar-refractivity contribution in [3.8, 4) is 5.75 Å². The Hall–Kier alpha value is -1.60. The fourth-order valence-electron chi connectivity index (χ4n) is 1.46. The summed E-state index contributed by atoms with van der Waals surface area (Å²) in [6.45, 7) is 5.82. The molecule has 0 radical (unpaired) electrons. The lowest BCUT2D eigenvalue weighted by atomic mass is 10.1. The number of carboxylic acids is 2. The van der Waals surface area contributed by atoms with Gasteiger partial charge in [0.15, 0.2) is 0 Å². The van der Waals surface area contributed by atoms with E-state index in [-0.39, 0.29) is 0 Å². The molecular formula is C14H20BrNO5. The molecule has 0 saturated carbocycles. The van der Waals surface area contributed by atoms with E-state index >= 15 is 0 Å². The van der Waals surface area contributed by atoms with Gasteiger partial charge in [0, 0.05) is 11.0 Å². The van der Waals surface area contributed by atoms with Crippen LogP contribution in [0.1, 0.15) is 11.1 Å². The molecule has 21 heavy (non-hydrogen) atoms. The Labute approximate surface area is 132 Å². The summed E-state index contributed by atoms with van der Waals surface area (Å²) >= 11 is 3.47. The zero-order chi connectivity index (χ0) is 16.6. The van der Waals surface area contributed by atoms with Crippen LogP contribution < -0.4 is 4.74 Å². The van der Waals surface area contributed by atoms with Gasteiger partial charge in [-0.15, -0.1) is 0 Å². The highest BCUT2D eigenvalue weighted by Gasteiger charge is 2.05. The average molecular weight is 362 g/mol. The van der Waals surface area contributed by atoms with Crippen LogP contribution in [0.15, 0.2) is 16.6 Å². The summed E-state index contributed by atoms with van der Waals surface area (Å²) in [4.78, 5) is 20.3. The lowest BCUT2D eigenvalue weighted by molar-refractivity contribution is -0.159.